The Kier molecular flexibility index (Phi) is 3.32. The lowest BCUT2D eigenvalue weighted by molar-refractivity contribution is 0.102. The highest BCUT2D eigenvalue weighted by Gasteiger charge is 2.17. The van der Waals surface area contributed by atoms with Crippen LogP contribution in [0, 0.1) is 17.5 Å². The van der Waals surface area contributed by atoms with Crippen LogP contribution in [-0.2, 0) is 0 Å². The number of hydrogen-bond acceptors (Lipinski definition) is 3. The van der Waals surface area contributed by atoms with E-state index in [1.165, 1.54) is 0 Å². The first-order valence-corrected chi connectivity index (χ1v) is 4.98. The van der Waals surface area contributed by atoms with Crippen LogP contribution in [0.3, 0.4) is 0 Å². The Bertz CT molecular complexity index is 700. The van der Waals surface area contributed by atoms with E-state index < -0.39 is 34.6 Å². The third-order valence-electron chi connectivity index (χ3n) is 2.25. The van der Waals surface area contributed by atoms with Gasteiger partial charge >= 0.3 is 0 Å². The van der Waals surface area contributed by atoms with Crippen LogP contribution in [0.2, 0.25) is 0 Å². The summed E-state index contributed by atoms with van der Waals surface area (Å²) in [6, 6.07) is 1.50. The zero-order valence-electron chi connectivity index (χ0n) is 9.21. The van der Waals surface area contributed by atoms with E-state index in [-0.39, 0.29) is 5.56 Å². The van der Waals surface area contributed by atoms with Gasteiger partial charge in [-0.2, -0.15) is 0 Å². The Morgan fingerprint density at radius 2 is 1.95 bits per heavy atom. The minimum atomic E-state index is -1.71. The Balaban J connectivity index is 2.33. The molecule has 1 heterocycles. The number of rotatable bonds is 2. The molecule has 0 unspecified atom stereocenters. The van der Waals surface area contributed by atoms with E-state index in [9.17, 15) is 22.8 Å². The number of anilines is 1. The maximum atomic E-state index is 13.3. The first-order chi connectivity index (χ1) is 9.00. The van der Waals surface area contributed by atoms with Crippen LogP contribution < -0.4 is 10.9 Å². The monoisotopic (exact) mass is 269 g/mol. The van der Waals surface area contributed by atoms with Gasteiger partial charge in [-0.25, -0.2) is 18.2 Å². The second-order valence-corrected chi connectivity index (χ2v) is 3.47. The molecular formula is C11H6F3N3O2. The minimum Gasteiger partial charge on any atom is -0.319 e. The fourth-order valence-corrected chi connectivity index (χ4v) is 1.32. The molecule has 0 aliphatic rings. The van der Waals surface area contributed by atoms with Crippen molar-refractivity contribution in [1.29, 1.82) is 0 Å². The number of carbonyl (C=O) groups excluding carboxylic acids is 1. The summed E-state index contributed by atoms with van der Waals surface area (Å²) in [6.45, 7) is 0. The van der Waals surface area contributed by atoms with Crippen LogP contribution in [0.4, 0.5) is 18.9 Å². The van der Waals surface area contributed by atoms with Crippen molar-refractivity contribution in [2.45, 2.75) is 0 Å². The van der Waals surface area contributed by atoms with Crippen molar-refractivity contribution < 1.29 is 18.0 Å². The largest absolute Gasteiger partial charge is 0.319 e. The molecular weight excluding hydrogens is 263 g/mol. The number of hydrogen-bond donors (Lipinski definition) is 2. The molecule has 0 aliphatic carbocycles. The summed E-state index contributed by atoms with van der Waals surface area (Å²) < 4.78 is 38.9. The van der Waals surface area contributed by atoms with E-state index in [0.29, 0.717) is 6.07 Å². The number of nitrogens with one attached hydrogen (secondary N) is 2. The maximum Gasteiger partial charge on any atom is 0.263 e. The minimum absolute atomic E-state index is 0.383. The lowest BCUT2D eigenvalue weighted by atomic mass is 10.2. The van der Waals surface area contributed by atoms with Crippen LogP contribution in [0.1, 0.15) is 10.4 Å². The molecule has 0 radical (unpaired) electrons. The highest BCUT2D eigenvalue weighted by molar-refractivity contribution is 6.03. The van der Waals surface area contributed by atoms with Crippen molar-refractivity contribution in [3.63, 3.8) is 0 Å². The molecule has 0 spiro atoms. The van der Waals surface area contributed by atoms with Crippen LogP contribution in [0.15, 0.2) is 29.5 Å². The van der Waals surface area contributed by atoms with Gasteiger partial charge in [0.1, 0.15) is 5.56 Å². The molecule has 2 rings (SSSR count). The summed E-state index contributed by atoms with van der Waals surface area (Å²) in [5.74, 6) is -5.62. The predicted molar refractivity (Wildman–Crippen MR) is 59.1 cm³/mol. The summed E-state index contributed by atoms with van der Waals surface area (Å²) in [5, 5.41) is 1.95. The van der Waals surface area contributed by atoms with Gasteiger partial charge in [0.25, 0.3) is 11.5 Å². The van der Waals surface area contributed by atoms with Crippen LogP contribution >= 0.6 is 0 Å². The summed E-state index contributed by atoms with van der Waals surface area (Å²) in [7, 11) is 0. The van der Waals surface area contributed by atoms with Crippen molar-refractivity contribution >= 4 is 11.6 Å². The average Bonchev–Trinajstić information content (AvgIpc) is 2.40. The number of halogens is 3. The molecule has 0 atom stereocenters. The summed E-state index contributed by atoms with van der Waals surface area (Å²) >= 11 is 0. The third-order valence-corrected chi connectivity index (χ3v) is 2.25. The molecule has 98 valence electrons. The van der Waals surface area contributed by atoms with E-state index in [0.717, 1.165) is 18.6 Å². The molecule has 2 N–H and O–H groups in total. The van der Waals surface area contributed by atoms with Crippen LogP contribution in [-0.4, -0.2) is 15.9 Å². The molecule has 1 aromatic carbocycles. The molecule has 0 saturated carbocycles. The van der Waals surface area contributed by atoms with E-state index >= 15 is 0 Å². The molecule has 1 amide bonds. The average molecular weight is 269 g/mol. The van der Waals surface area contributed by atoms with Gasteiger partial charge in [-0.05, 0) is 12.1 Å². The topological polar surface area (TPSA) is 74.8 Å². The molecule has 0 fully saturated rings. The van der Waals surface area contributed by atoms with E-state index in [1.807, 2.05) is 5.32 Å². The molecule has 0 bridgehead atoms. The number of benzene rings is 1. The van der Waals surface area contributed by atoms with Gasteiger partial charge in [-0.1, -0.05) is 0 Å². The van der Waals surface area contributed by atoms with E-state index in [4.69, 9.17) is 0 Å². The fourth-order valence-electron chi connectivity index (χ4n) is 1.32. The van der Waals surface area contributed by atoms with E-state index in [2.05, 4.69) is 9.97 Å². The zero-order valence-corrected chi connectivity index (χ0v) is 9.21. The Labute approximate surface area is 104 Å². The molecule has 5 nitrogen and oxygen atoms in total. The van der Waals surface area contributed by atoms with Crippen molar-refractivity contribution in [1.82, 2.24) is 9.97 Å². The summed E-state index contributed by atoms with van der Waals surface area (Å²) in [6.07, 6.45) is 2.03. The van der Waals surface area contributed by atoms with Crippen molar-refractivity contribution in [3.8, 4) is 0 Å². The third kappa shape index (κ3) is 2.46. The first-order valence-electron chi connectivity index (χ1n) is 4.98. The predicted octanol–water partition coefficient (Wildman–Crippen LogP) is 1.44. The van der Waals surface area contributed by atoms with Gasteiger partial charge in [0.2, 0.25) is 0 Å². The second-order valence-electron chi connectivity index (χ2n) is 3.47. The molecule has 19 heavy (non-hydrogen) atoms. The SMILES string of the molecule is O=C(Nc1ccc(F)c(F)c1F)c1cnc[nH]c1=O. The number of aromatic amines is 1. The summed E-state index contributed by atoms with van der Waals surface area (Å²) in [4.78, 5) is 28.6. The molecule has 8 heteroatoms. The number of amides is 1. The molecule has 1 aromatic heterocycles. The smallest absolute Gasteiger partial charge is 0.263 e. The first kappa shape index (κ1) is 12.8. The molecule has 2 aromatic rings. The van der Waals surface area contributed by atoms with Gasteiger partial charge in [0.05, 0.1) is 12.0 Å². The lowest BCUT2D eigenvalue weighted by Gasteiger charge is -2.06. The normalized spacial score (nSPS) is 10.3. The summed E-state index contributed by atoms with van der Waals surface area (Å²) in [5.41, 5.74) is -1.70. The Hall–Kier alpha value is -2.64. The van der Waals surface area contributed by atoms with Gasteiger partial charge in [-0.3, -0.25) is 9.59 Å². The van der Waals surface area contributed by atoms with Gasteiger partial charge in [-0.15, -0.1) is 0 Å². The van der Waals surface area contributed by atoms with Crippen molar-refractivity contribution in [3.05, 3.63) is 58.0 Å². The lowest BCUT2D eigenvalue weighted by Crippen LogP contribution is -2.23. The number of nitrogens with zero attached hydrogens (tertiary/aromatic N) is 1. The van der Waals surface area contributed by atoms with E-state index in [1.54, 1.807) is 0 Å². The number of aromatic nitrogens is 2. The van der Waals surface area contributed by atoms with Crippen LogP contribution in [0.5, 0.6) is 0 Å². The van der Waals surface area contributed by atoms with Gasteiger partial charge in [0, 0.05) is 6.20 Å². The number of carbonyl (C=O) groups is 1. The quantitative estimate of drug-likeness (QED) is 0.810. The Morgan fingerprint density at radius 1 is 1.21 bits per heavy atom. The standard InChI is InChI=1S/C11H6F3N3O2/c12-6-1-2-7(9(14)8(6)13)17-11(19)5-3-15-4-16-10(5)18/h1-4H,(H,17,19)(H,15,16,18). The van der Waals surface area contributed by atoms with Gasteiger partial charge in [0.15, 0.2) is 17.5 Å². The number of H-pyrrole nitrogens is 1. The highest BCUT2D eigenvalue weighted by atomic mass is 19.2. The molecule has 0 saturated heterocycles. The maximum absolute atomic E-state index is 13.3. The second kappa shape index (κ2) is 4.92. The van der Waals surface area contributed by atoms with Crippen molar-refractivity contribution in [2.24, 2.45) is 0 Å². The highest BCUT2D eigenvalue weighted by Crippen LogP contribution is 2.19. The Morgan fingerprint density at radius 3 is 2.63 bits per heavy atom. The van der Waals surface area contributed by atoms with Gasteiger partial charge < -0.3 is 10.3 Å². The fraction of sp³-hybridized carbons (Fsp3) is 0. The van der Waals surface area contributed by atoms with Crippen LogP contribution in [0.25, 0.3) is 0 Å². The van der Waals surface area contributed by atoms with Crippen molar-refractivity contribution in [2.75, 3.05) is 5.32 Å². The molecule has 0 aliphatic heterocycles. The zero-order chi connectivity index (χ0) is 14.0.